The number of hydrogen-bond donors (Lipinski definition) is 1. The van der Waals surface area contributed by atoms with Crippen LogP contribution in [0, 0.1) is 17.7 Å². The van der Waals surface area contributed by atoms with E-state index in [0.717, 1.165) is 37.8 Å². The highest BCUT2D eigenvalue weighted by atomic mass is 32.2. The van der Waals surface area contributed by atoms with Crippen LogP contribution in [0.15, 0.2) is 29.2 Å². The van der Waals surface area contributed by atoms with Crippen molar-refractivity contribution >= 4 is 21.8 Å². The average Bonchev–Trinajstić information content (AvgIpc) is 2.82. The van der Waals surface area contributed by atoms with E-state index in [9.17, 15) is 22.4 Å². The average molecular weight is 468 g/mol. The molecule has 1 aliphatic carbocycles. The SMILES string of the molecule is CCC(C)C(NS(=O)(=O)c1ccc(F)cc1)C(=O)N1CCN(C(=O)C2CCCCC2)CC1. The molecular weight excluding hydrogens is 433 g/mol. The minimum atomic E-state index is -3.98. The summed E-state index contributed by atoms with van der Waals surface area (Å²) in [6, 6.07) is 3.61. The Bertz CT molecular complexity index is 892. The van der Waals surface area contributed by atoms with E-state index in [0.29, 0.717) is 32.6 Å². The normalized spacial score (nSPS) is 20.1. The van der Waals surface area contributed by atoms with Crippen molar-refractivity contribution in [1.29, 1.82) is 0 Å². The lowest BCUT2D eigenvalue weighted by molar-refractivity contribution is -0.144. The molecule has 1 heterocycles. The van der Waals surface area contributed by atoms with Crippen molar-refractivity contribution in [2.24, 2.45) is 11.8 Å². The summed E-state index contributed by atoms with van der Waals surface area (Å²) < 4.78 is 41.4. The second-order valence-corrected chi connectivity index (χ2v) is 10.6. The molecule has 1 aromatic rings. The van der Waals surface area contributed by atoms with E-state index in [-0.39, 0.29) is 28.5 Å². The molecule has 2 unspecified atom stereocenters. The van der Waals surface area contributed by atoms with Gasteiger partial charge in [-0.3, -0.25) is 9.59 Å². The first-order valence-electron chi connectivity index (χ1n) is 11.6. The monoisotopic (exact) mass is 467 g/mol. The minimum absolute atomic E-state index is 0.0806. The Labute approximate surface area is 190 Å². The zero-order chi connectivity index (χ0) is 23.3. The molecule has 1 saturated carbocycles. The van der Waals surface area contributed by atoms with Gasteiger partial charge in [-0.2, -0.15) is 4.72 Å². The van der Waals surface area contributed by atoms with E-state index in [1.165, 1.54) is 18.6 Å². The minimum Gasteiger partial charge on any atom is -0.339 e. The summed E-state index contributed by atoms with van der Waals surface area (Å²) in [5, 5.41) is 0. The summed E-state index contributed by atoms with van der Waals surface area (Å²) in [5.41, 5.74) is 0. The third kappa shape index (κ3) is 5.86. The van der Waals surface area contributed by atoms with Crippen molar-refractivity contribution in [2.45, 2.75) is 63.3 Å². The molecule has 3 rings (SSSR count). The first-order valence-corrected chi connectivity index (χ1v) is 13.1. The molecule has 2 amide bonds. The summed E-state index contributed by atoms with van der Waals surface area (Å²) in [6.45, 7) is 5.46. The first-order chi connectivity index (χ1) is 15.2. The van der Waals surface area contributed by atoms with E-state index in [2.05, 4.69) is 4.72 Å². The number of hydrogen-bond acceptors (Lipinski definition) is 4. The Balaban J connectivity index is 1.65. The van der Waals surface area contributed by atoms with Gasteiger partial charge in [0.1, 0.15) is 11.9 Å². The van der Waals surface area contributed by atoms with Gasteiger partial charge in [-0.05, 0) is 43.0 Å². The number of nitrogens with zero attached hydrogens (tertiary/aromatic N) is 2. The smallest absolute Gasteiger partial charge is 0.241 e. The van der Waals surface area contributed by atoms with Crippen molar-refractivity contribution in [3.63, 3.8) is 0 Å². The molecule has 1 aromatic carbocycles. The van der Waals surface area contributed by atoms with Crippen molar-refractivity contribution in [1.82, 2.24) is 14.5 Å². The molecule has 9 heteroatoms. The van der Waals surface area contributed by atoms with Crippen LogP contribution in [0.1, 0.15) is 52.4 Å². The highest BCUT2D eigenvalue weighted by molar-refractivity contribution is 7.89. The highest BCUT2D eigenvalue weighted by Crippen LogP contribution is 2.26. The van der Waals surface area contributed by atoms with Gasteiger partial charge in [-0.15, -0.1) is 0 Å². The second kappa shape index (κ2) is 10.7. The van der Waals surface area contributed by atoms with Gasteiger partial charge in [0, 0.05) is 32.1 Å². The van der Waals surface area contributed by atoms with Gasteiger partial charge >= 0.3 is 0 Å². The summed E-state index contributed by atoms with van der Waals surface area (Å²) in [5.74, 6) is -0.748. The molecule has 0 aromatic heterocycles. The van der Waals surface area contributed by atoms with E-state index < -0.39 is 21.9 Å². The van der Waals surface area contributed by atoms with Crippen LogP contribution in [0.25, 0.3) is 0 Å². The van der Waals surface area contributed by atoms with Crippen LogP contribution in [0.5, 0.6) is 0 Å². The maximum Gasteiger partial charge on any atom is 0.241 e. The highest BCUT2D eigenvalue weighted by Gasteiger charge is 2.35. The Kier molecular flexibility index (Phi) is 8.27. The third-order valence-corrected chi connectivity index (χ3v) is 8.20. The molecule has 2 fully saturated rings. The number of amides is 2. The number of carbonyl (C=O) groups is 2. The number of piperazine rings is 1. The Morgan fingerprint density at radius 2 is 1.59 bits per heavy atom. The fourth-order valence-electron chi connectivity index (χ4n) is 4.45. The lowest BCUT2D eigenvalue weighted by Gasteiger charge is -2.39. The second-order valence-electron chi connectivity index (χ2n) is 8.92. The van der Waals surface area contributed by atoms with Crippen molar-refractivity contribution in [2.75, 3.05) is 26.2 Å². The molecule has 32 heavy (non-hydrogen) atoms. The molecule has 7 nitrogen and oxygen atoms in total. The number of carbonyl (C=O) groups excluding carboxylic acids is 2. The van der Waals surface area contributed by atoms with Gasteiger partial charge in [0.25, 0.3) is 0 Å². The van der Waals surface area contributed by atoms with Crippen LogP contribution < -0.4 is 4.72 Å². The predicted octanol–water partition coefficient (Wildman–Crippen LogP) is 2.77. The van der Waals surface area contributed by atoms with Crippen LogP contribution >= 0.6 is 0 Å². The first kappa shape index (κ1) is 24.6. The van der Waals surface area contributed by atoms with Gasteiger partial charge in [-0.25, -0.2) is 12.8 Å². The van der Waals surface area contributed by atoms with Gasteiger partial charge in [0.2, 0.25) is 21.8 Å². The van der Waals surface area contributed by atoms with Crippen LogP contribution in [0.4, 0.5) is 4.39 Å². The summed E-state index contributed by atoms with van der Waals surface area (Å²) in [4.78, 5) is 29.5. The largest absolute Gasteiger partial charge is 0.339 e. The van der Waals surface area contributed by atoms with Gasteiger partial charge < -0.3 is 9.80 Å². The molecule has 2 atom stereocenters. The summed E-state index contributed by atoms with van der Waals surface area (Å²) >= 11 is 0. The van der Waals surface area contributed by atoms with E-state index >= 15 is 0 Å². The number of rotatable bonds is 7. The van der Waals surface area contributed by atoms with Crippen LogP contribution in [0.2, 0.25) is 0 Å². The fourth-order valence-corrected chi connectivity index (χ4v) is 5.74. The molecule has 0 bridgehead atoms. The van der Waals surface area contributed by atoms with Crippen molar-refractivity contribution in [3.05, 3.63) is 30.1 Å². The number of benzene rings is 1. The molecule has 1 N–H and O–H groups in total. The zero-order valence-corrected chi connectivity index (χ0v) is 19.7. The van der Waals surface area contributed by atoms with Crippen molar-refractivity contribution in [3.8, 4) is 0 Å². The molecule has 178 valence electrons. The maximum atomic E-state index is 13.3. The molecule has 1 saturated heterocycles. The summed E-state index contributed by atoms with van der Waals surface area (Å²) in [6.07, 6.45) is 5.89. The molecule has 1 aliphatic heterocycles. The molecule has 0 spiro atoms. The number of nitrogens with one attached hydrogen (secondary N) is 1. The van der Waals surface area contributed by atoms with Crippen molar-refractivity contribution < 1.29 is 22.4 Å². The molecule has 2 aliphatic rings. The lowest BCUT2D eigenvalue weighted by atomic mass is 9.88. The number of halogens is 1. The van der Waals surface area contributed by atoms with Gasteiger partial charge in [-0.1, -0.05) is 39.5 Å². The quantitative estimate of drug-likeness (QED) is 0.668. The third-order valence-electron chi connectivity index (χ3n) is 6.74. The zero-order valence-electron chi connectivity index (χ0n) is 18.9. The van der Waals surface area contributed by atoms with Gasteiger partial charge in [0.05, 0.1) is 4.90 Å². The Hall–Kier alpha value is -2.00. The van der Waals surface area contributed by atoms with Crippen LogP contribution in [-0.2, 0) is 19.6 Å². The van der Waals surface area contributed by atoms with E-state index in [4.69, 9.17) is 0 Å². The van der Waals surface area contributed by atoms with Gasteiger partial charge in [0.15, 0.2) is 0 Å². The maximum absolute atomic E-state index is 13.3. The van der Waals surface area contributed by atoms with Crippen LogP contribution in [-0.4, -0.2) is 62.3 Å². The topological polar surface area (TPSA) is 86.8 Å². The van der Waals surface area contributed by atoms with E-state index in [1.54, 1.807) is 4.90 Å². The standard InChI is InChI=1S/C23H34FN3O4S/c1-3-17(2)21(25-32(30,31)20-11-9-19(24)10-12-20)23(29)27-15-13-26(14-16-27)22(28)18-7-5-4-6-8-18/h9-12,17-18,21,25H,3-8,13-16H2,1-2H3. The molecular formula is C23H34FN3O4S. The lowest BCUT2D eigenvalue weighted by Crippen LogP contribution is -2.57. The molecule has 0 radical (unpaired) electrons. The fraction of sp³-hybridized carbons (Fsp3) is 0.652. The van der Waals surface area contributed by atoms with Crippen LogP contribution in [0.3, 0.4) is 0 Å². The van der Waals surface area contributed by atoms with E-state index in [1.807, 2.05) is 18.7 Å². The Morgan fingerprint density at radius 3 is 2.16 bits per heavy atom. The predicted molar refractivity (Wildman–Crippen MR) is 120 cm³/mol. The summed E-state index contributed by atoms with van der Waals surface area (Å²) in [7, 11) is -3.98. The number of sulfonamides is 1. The Morgan fingerprint density at radius 1 is 1.03 bits per heavy atom.